The highest BCUT2D eigenvalue weighted by atomic mass is 16.5. The lowest BCUT2D eigenvalue weighted by Gasteiger charge is -2.09. The maximum absolute atomic E-state index is 12.2. The van der Waals surface area contributed by atoms with Crippen molar-refractivity contribution < 1.29 is 13.9 Å². The Labute approximate surface area is 114 Å². The second-order valence-electron chi connectivity index (χ2n) is 4.28. The summed E-state index contributed by atoms with van der Waals surface area (Å²) in [5, 5.41) is 0.540. The summed E-state index contributed by atoms with van der Waals surface area (Å²) in [6, 6.07) is 8.47. The van der Waals surface area contributed by atoms with E-state index in [1.165, 1.54) is 13.2 Å². The van der Waals surface area contributed by atoms with Gasteiger partial charge in [0.05, 0.1) is 31.7 Å². The number of rotatable bonds is 3. The van der Waals surface area contributed by atoms with E-state index >= 15 is 0 Å². The maximum atomic E-state index is 12.2. The van der Waals surface area contributed by atoms with E-state index in [2.05, 4.69) is 4.98 Å². The molecule has 0 aliphatic rings. The summed E-state index contributed by atoms with van der Waals surface area (Å²) >= 11 is 0. The Morgan fingerprint density at radius 2 is 1.85 bits per heavy atom. The SMILES string of the molecule is COc1cc2[nH]c(-c3ccco3)cc(=O)c2cc1OC. The number of aromatic nitrogens is 1. The molecule has 3 aromatic rings. The summed E-state index contributed by atoms with van der Waals surface area (Å²) in [6.45, 7) is 0. The van der Waals surface area contributed by atoms with Crippen LogP contribution in [-0.4, -0.2) is 19.2 Å². The predicted octanol–water partition coefficient (Wildman–Crippen LogP) is 2.81. The van der Waals surface area contributed by atoms with Gasteiger partial charge in [0.2, 0.25) is 0 Å². The molecule has 5 heteroatoms. The fraction of sp³-hybridized carbons (Fsp3) is 0.133. The fourth-order valence-electron chi connectivity index (χ4n) is 2.14. The molecule has 1 aromatic carbocycles. The van der Waals surface area contributed by atoms with Crippen LogP contribution in [0.5, 0.6) is 11.5 Å². The standard InChI is InChI=1S/C15H13NO4/c1-18-14-6-9-10(8-15(14)19-2)16-11(7-12(9)17)13-4-3-5-20-13/h3-8H,1-2H3,(H,16,17). The monoisotopic (exact) mass is 271 g/mol. The second-order valence-corrected chi connectivity index (χ2v) is 4.28. The zero-order valence-electron chi connectivity index (χ0n) is 11.1. The smallest absolute Gasteiger partial charge is 0.190 e. The van der Waals surface area contributed by atoms with E-state index in [4.69, 9.17) is 13.9 Å². The van der Waals surface area contributed by atoms with Gasteiger partial charge in [-0.1, -0.05) is 0 Å². The van der Waals surface area contributed by atoms with Gasteiger partial charge in [-0.25, -0.2) is 0 Å². The van der Waals surface area contributed by atoms with Crippen LogP contribution >= 0.6 is 0 Å². The first-order valence-corrected chi connectivity index (χ1v) is 6.06. The number of hydrogen-bond donors (Lipinski definition) is 1. The number of methoxy groups -OCH3 is 2. The van der Waals surface area contributed by atoms with Crippen LogP contribution in [0.15, 0.2) is 45.8 Å². The Bertz CT molecular complexity index is 803. The molecule has 2 heterocycles. The van der Waals surface area contributed by atoms with Crippen molar-refractivity contribution >= 4 is 10.9 Å². The molecule has 0 aliphatic carbocycles. The summed E-state index contributed by atoms with van der Waals surface area (Å²) in [4.78, 5) is 15.4. The van der Waals surface area contributed by atoms with Crippen LogP contribution in [0, 0.1) is 0 Å². The molecule has 1 N–H and O–H groups in total. The van der Waals surface area contributed by atoms with Gasteiger partial charge in [0, 0.05) is 17.5 Å². The Morgan fingerprint density at radius 3 is 2.50 bits per heavy atom. The third kappa shape index (κ3) is 1.93. The van der Waals surface area contributed by atoms with Gasteiger partial charge in [0.15, 0.2) is 16.9 Å². The highest BCUT2D eigenvalue weighted by Crippen LogP contribution is 2.31. The molecule has 0 fully saturated rings. The van der Waals surface area contributed by atoms with Crippen molar-refractivity contribution in [2.75, 3.05) is 14.2 Å². The molecule has 5 nitrogen and oxygen atoms in total. The van der Waals surface area contributed by atoms with Crippen LogP contribution < -0.4 is 14.9 Å². The molecule has 3 rings (SSSR count). The first kappa shape index (κ1) is 12.3. The van der Waals surface area contributed by atoms with Crippen molar-refractivity contribution in [2.45, 2.75) is 0 Å². The number of benzene rings is 1. The third-order valence-electron chi connectivity index (χ3n) is 3.12. The van der Waals surface area contributed by atoms with E-state index in [1.807, 2.05) is 0 Å². The summed E-state index contributed by atoms with van der Waals surface area (Å²) in [5.74, 6) is 1.70. The van der Waals surface area contributed by atoms with E-state index in [-0.39, 0.29) is 5.43 Å². The molecule has 0 amide bonds. The van der Waals surface area contributed by atoms with Gasteiger partial charge in [-0.3, -0.25) is 4.79 Å². The molecule has 20 heavy (non-hydrogen) atoms. The first-order valence-electron chi connectivity index (χ1n) is 6.06. The van der Waals surface area contributed by atoms with Gasteiger partial charge in [-0.2, -0.15) is 0 Å². The Morgan fingerprint density at radius 1 is 1.10 bits per heavy atom. The van der Waals surface area contributed by atoms with E-state index in [0.29, 0.717) is 33.9 Å². The fourth-order valence-corrected chi connectivity index (χ4v) is 2.14. The van der Waals surface area contributed by atoms with E-state index < -0.39 is 0 Å². The molecular formula is C15H13NO4. The minimum Gasteiger partial charge on any atom is -0.493 e. The van der Waals surface area contributed by atoms with Crippen LogP contribution in [-0.2, 0) is 0 Å². The molecule has 0 saturated carbocycles. The topological polar surface area (TPSA) is 64.5 Å². The quantitative estimate of drug-likeness (QED) is 0.795. The molecule has 0 spiro atoms. The zero-order valence-corrected chi connectivity index (χ0v) is 11.1. The number of fused-ring (bicyclic) bond motifs is 1. The van der Waals surface area contributed by atoms with Crippen molar-refractivity contribution in [3.8, 4) is 23.0 Å². The second kappa shape index (κ2) is 4.77. The Hall–Kier alpha value is -2.69. The summed E-state index contributed by atoms with van der Waals surface area (Å²) in [7, 11) is 3.09. The number of H-pyrrole nitrogens is 1. The average molecular weight is 271 g/mol. The lowest BCUT2D eigenvalue weighted by Crippen LogP contribution is -2.04. The van der Waals surface area contributed by atoms with Crippen molar-refractivity contribution in [2.24, 2.45) is 0 Å². The van der Waals surface area contributed by atoms with Crippen LogP contribution in [0.25, 0.3) is 22.4 Å². The molecule has 2 aromatic heterocycles. The van der Waals surface area contributed by atoms with Crippen molar-refractivity contribution in [1.82, 2.24) is 4.98 Å². The lowest BCUT2D eigenvalue weighted by molar-refractivity contribution is 0.356. The number of hydrogen-bond acceptors (Lipinski definition) is 4. The number of ether oxygens (including phenoxy) is 2. The van der Waals surface area contributed by atoms with E-state index in [0.717, 1.165) is 0 Å². The van der Waals surface area contributed by atoms with Crippen LogP contribution in [0.3, 0.4) is 0 Å². The van der Waals surface area contributed by atoms with Gasteiger partial charge in [0.25, 0.3) is 0 Å². The number of nitrogens with one attached hydrogen (secondary N) is 1. The van der Waals surface area contributed by atoms with E-state index in [9.17, 15) is 4.79 Å². The first-order chi connectivity index (χ1) is 9.72. The normalized spacial score (nSPS) is 10.7. The molecule has 0 bridgehead atoms. The number of aromatic amines is 1. The molecule has 0 saturated heterocycles. The zero-order chi connectivity index (χ0) is 14.1. The van der Waals surface area contributed by atoms with E-state index in [1.54, 1.807) is 37.6 Å². The van der Waals surface area contributed by atoms with Gasteiger partial charge < -0.3 is 18.9 Å². The molecule has 0 aliphatic heterocycles. The van der Waals surface area contributed by atoms with Crippen molar-refractivity contribution in [3.05, 3.63) is 46.8 Å². The summed E-state index contributed by atoms with van der Waals surface area (Å²) in [6.07, 6.45) is 1.56. The highest BCUT2D eigenvalue weighted by molar-refractivity contribution is 5.84. The van der Waals surface area contributed by atoms with Gasteiger partial charge >= 0.3 is 0 Å². The highest BCUT2D eigenvalue weighted by Gasteiger charge is 2.11. The lowest BCUT2D eigenvalue weighted by atomic mass is 10.1. The number of pyridine rings is 1. The number of furan rings is 1. The van der Waals surface area contributed by atoms with Gasteiger partial charge in [-0.05, 0) is 18.2 Å². The predicted molar refractivity (Wildman–Crippen MR) is 75.4 cm³/mol. The molecule has 0 radical (unpaired) electrons. The molecule has 0 atom stereocenters. The molecular weight excluding hydrogens is 258 g/mol. The molecule has 0 unspecified atom stereocenters. The van der Waals surface area contributed by atoms with Crippen molar-refractivity contribution in [1.29, 1.82) is 0 Å². The van der Waals surface area contributed by atoms with Crippen LogP contribution in [0.1, 0.15) is 0 Å². The average Bonchev–Trinajstić information content (AvgIpc) is 3.00. The summed E-state index contributed by atoms with van der Waals surface area (Å²) in [5.41, 5.74) is 1.19. The third-order valence-corrected chi connectivity index (χ3v) is 3.12. The largest absolute Gasteiger partial charge is 0.493 e. The Balaban J connectivity index is 2.28. The maximum Gasteiger partial charge on any atom is 0.190 e. The van der Waals surface area contributed by atoms with Gasteiger partial charge in [-0.15, -0.1) is 0 Å². The van der Waals surface area contributed by atoms with Crippen LogP contribution in [0.4, 0.5) is 0 Å². The van der Waals surface area contributed by atoms with Gasteiger partial charge in [0.1, 0.15) is 5.76 Å². The van der Waals surface area contributed by atoms with Crippen molar-refractivity contribution in [3.63, 3.8) is 0 Å². The summed E-state index contributed by atoms with van der Waals surface area (Å²) < 4.78 is 15.7. The Kier molecular flexibility index (Phi) is 2.95. The van der Waals surface area contributed by atoms with Crippen LogP contribution in [0.2, 0.25) is 0 Å². The minimum absolute atomic E-state index is 0.105. The molecule has 102 valence electrons. The minimum atomic E-state index is -0.105.